The minimum absolute atomic E-state index is 0.128. The molecule has 1 heterocycles. The van der Waals surface area contributed by atoms with Crippen molar-refractivity contribution in [3.63, 3.8) is 0 Å². The predicted octanol–water partition coefficient (Wildman–Crippen LogP) is 1.36. The zero-order chi connectivity index (χ0) is 12.1. The highest BCUT2D eigenvalue weighted by molar-refractivity contribution is 5.21. The number of likely N-dealkylation sites (N-methyl/N-ethyl adjacent to an activating group) is 1. The molecule has 1 aromatic carbocycles. The van der Waals surface area contributed by atoms with Crippen molar-refractivity contribution in [3.05, 3.63) is 35.4 Å². The number of aliphatic hydroxyl groups excluding tert-OH is 1. The van der Waals surface area contributed by atoms with Crippen LogP contribution in [-0.4, -0.2) is 36.2 Å². The lowest BCUT2D eigenvalue weighted by atomic mass is 10.1. The van der Waals surface area contributed by atoms with Gasteiger partial charge in [0.2, 0.25) is 0 Å². The SMILES string of the molecule is CN(Cc1ccc(CO)cc1)C1CCCNC1. The second kappa shape index (κ2) is 6.15. The molecule has 1 unspecified atom stereocenters. The van der Waals surface area contributed by atoms with Gasteiger partial charge >= 0.3 is 0 Å². The summed E-state index contributed by atoms with van der Waals surface area (Å²) in [5.74, 6) is 0. The molecular weight excluding hydrogens is 212 g/mol. The van der Waals surface area contributed by atoms with Gasteiger partial charge in [-0.05, 0) is 37.6 Å². The lowest BCUT2D eigenvalue weighted by Crippen LogP contribution is -2.43. The highest BCUT2D eigenvalue weighted by Crippen LogP contribution is 2.13. The van der Waals surface area contributed by atoms with Gasteiger partial charge in [0.05, 0.1) is 6.61 Å². The molecule has 0 spiro atoms. The van der Waals surface area contributed by atoms with E-state index in [9.17, 15) is 0 Å². The van der Waals surface area contributed by atoms with Crippen molar-refractivity contribution in [3.8, 4) is 0 Å². The summed E-state index contributed by atoms with van der Waals surface area (Å²) in [6.07, 6.45) is 2.57. The topological polar surface area (TPSA) is 35.5 Å². The van der Waals surface area contributed by atoms with Gasteiger partial charge in [0.25, 0.3) is 0 Å². The van der Waals surface area contributed by atoms with Crippen molar-refractivity contribution in [1.29, 1.82) is 0 Å². The minimum atomic E-state index is 0.128. The Balaban J connectivity index is 1.89. The van der Waals surface area contributed by atoms with E-state index < -0.39 is 0 Å². The fourth-order valence-corrected chi connectivity index (χ4v) is 2.38. The van der Waals surface area contributed by atoms with Gasteiger partial charge in [-0.1, -0.05) is 24.3 Å². The molecule has 0 radical (unpaired) electrons. The first kappa shape index (κ1) is 12.6. The summed E-state index contributed by atoms with van der Waals surface area (Å²) in [7, 11) is 2.19. The zero-order valence-corrected chi connectivity index (χ0v) is 10.5. The number of nitrogens with one attached hydrogen (secondary N) is 1. The molecule has 0 aromatic heterocycles. The average Bonchev–Trinajstić information content (AvgIpc) is 2.40. The summed E-state index contributed by atoms with van der Waals surface area (Å²) in [5, 5.41) is 12.4. The Hall–Kier alpha value is -0.900. The second-order valence-corrected chi connectivity index (χ2v) is 4.89. The summed E-state index contributed by atoms with van der Waals surface area (Å²) < 4.78 is 0. The van der Waals surface area contributed by atoms with Gasteiger partial charge in [0.1, 0.15) is 0 Å². The van der Waals surface area contributed by atoms with Crippen LogP contribution in [0.4, 0.5) is 0 Å². The third-order valence-corrected chi connectivity index (χ3v) is 3.53. The molecule has 94 valence electrons. The summed E-state index contributed by atoms with van der Waals surface area (Å²) in [6.45, 7) is 3.38. The molecule has 0 bridgehead atoms. The first-order chi connectivity index (χ1) is 8.29. The van der Waals surface area contributed by atoms with Gasteiger partial charge in [-0.3, -0.25) is 4.90 Å². The Morgan fingerprint density at radius 3 is 2.59 bits per heavy atom. The minimum Gasteiger partial charge on any atom is -0.392 e. The van der Waals surface area contributed by atoms with Gasteiger partial charge in [-0.2, -0.15) is 0 Å². The Kier molecular flexibility index (Phi) is 4.54. The van der Waals surface area contributed by atoms with Gasteiger partial charge < -0.3 is 10.4 Å². The maximum atomic E-state index is 9.00. The maximum Gasteiger partial charge on any atom is 0.0681 e. The molecule has 1 saturated heterocycles. The smallest absolute Gasteiger partial charge is 0.0681 e. The first-order valence-electron chi connectivity index (χ1n) is 6.39. The zero-order valence-electron chi connectivity index (χ0n) is 10.5. The molecule has 1 aliphatic heterocycles. The molecule has 1 aromatic rings. The predicted molar refractivity (Wildman–Crippen MR) is 69.7 cm³/mol. The monoisotopic (exact) mass is 234 g/mol. The summed E-state index contributed by atoms with van der Waals surface area (Å²) >= 11 is 0. The van der Waals surface area contributed by atoms with Crippen LogP contribution in [0.25, 0.3) is 0 Å². The van der Waals surface area contributed by atoms with Crippen LogP contribution >= 0.6 is 0 Å². The molecule has 0 amide bonds. The summed E-state index contributed by atoms with van der Waals surface area (Å²) in [5.41, 5.74) is 2.30. The van der Waals surface area contributed by atoms with E-state index in [1.165, 1.54) is 18.4 Å². The third-order valence-electron chi connectivity index (χ3n) is 3.53. The summed E-state index contributed by atoms with van der Waals surface area (Å²) in [6, 6.07) is 8.88. The van der Waals surface area contributed by atoms with Crippen molar-refractivity contribution in [1.82, 2.24) is 10.2 Å². The van der Waals surface area contributed by atoms with E-state index in [0.29, 0.717) is 6.04 Å². The molecule has 3 nitrogen and oxygen atoms in total. The number of hydrogen-bond donors (Lipinski definition) is 2. The van der Waals surface area contributed by atoms with E-state index in [-0.39, 0.29) is 6.61 Å². The molecule has 3 heteroatoms. The number of hydrogen-bond acceptors (Lipinski definition) is 3. The Morgan fingerprint density at radius 1 is 1.29 bits per heavy atom. The van der Waals surface area contributed by atoms with E-state index in [4.69, 9.17) is 5.11 Å². The van der Waals surface area contributed by atoms with Crippen LogP contribution in [-0.2, 0) is 13.2 Å². The Labute approximate surface area is 103 Å². The van der Waals surface area contributed by atoms with E-state index in [2.05, 4.69) is 29.4 Å². The van der Waals surface area contributed by atoms with Crippen LogP contribution < -0.4 is 5.32 Å². The quantitative estimate of drug-likeness (QED) is 0.826. The van der Waals surface area contributed by atoms with Crippen LogP contribution in [0.15, 0.2) is 24.3 Å². The lowest BCUT2D eigenvalue weighted by molar-refractivity contribution is 0.196. The van der Waals surface area contributed by atoms with E-state index >= 15 is 0 Å². The van der Waals surface area contributed by atoms with E-state index in [1.54, 1.807) is 0 Å². The largest absolute Gasteiger partial charge is 0.392 e. The van der Waals surface area contributed by atoms with Crippen molar-refractivity contribution in [2.24, 2.45) is 0 Å². The second-order valence-electron chi connectivity index (χ2n) is 4.89. The van der Waals surface area contributed by atoms with Crippen molar-refractivity contribution in [2.75, 3.05) is 20.1 Å². The number of nitrogens with zero attached hydrogens (tertiary/aromatic N) is 1. The normalized spacial score (nSPS) is 20.8. The van der Waals surface area contributed by atoms with Gasteiger partial charge in [-0.25, -0.2) is 0 Å². The number of aliphatic hydroxyl groups is 1. The Morgan fingerprint density at radius 2 is 2.00 bits per heavy atom. The molecule has 0 saturated carbocycles. The molecule has 0 aliphatic carbocycles. The van der Waals surface area contributed by atoms with Crippen LogP contribution in [0.5, 0.6) is 0 Å². The molecule has 17 heavy (non-hydrogen) atoms. The summed E-state index contributed by atoms with van der Waals surface area (Å²) in [4.78, 5) is 2.42. The Bertz CT molecular complexity index is 331. The molecule has 1 fully saturated rings. The highest BCUT2D eigenvalue weighted by Gasteiger charge is 2.17. The fourth-order valence-electron chi connectivity index (χ4n) is 2.38. The van der Waals surface area contributed by atoms with Gasteiger partial charge in [-0.15, -0.1) is 0 Å². The van der Waals surface area contributed by atoms with E-state index in [0.717, 1.165) is 25.2 Å². The van der Waals surface area contributed by atoms with Crippen molar-refractivity contribution in [2.45, 2.75) is 32.0 Å². The standard InChI is InChI=1S/C14H22N2O/c1-16(14-3-2-8-15-9-14)10-12-4-6-13(11-17)7-5-12/h4-7,14-15,17H,2-3,8-11H2,1H3. The van der Waals surface area contributed by atoms with Crippen LogP contribution in [0.1, 0.15) is 24.0 Å². The van der Waals surface area contributed by atoms with E-state index in [1.807, 2.05) is 12.1 Å². The molecule has 1 aliphatic rings. The van der Waals surface area contributed by atoms with Crippen LogP contribution in [0.3, 0.4) is 0 Å². The average molecular weight is 234 g/mol. The lowest BCUT2D eigenvalue weighted by Gasteiger charge is -2.31. The molecular formula is C14H22N2O. The maximum absolute atomic E-state index is 9.00. The third kappa shape index (κ3) is 3.53. The molecule has 2 N–H and O–H groups in total. The van der Waals surface area contributed by atoms with Crippen LogP contribution in [0, 0.1) is 0 Å². The van der Waals surface area contributed by atoms with Gasteiger partial charge in [0.15, 0.2) is 0 Å². The number of rotatable bonds is 4. The molecule has 2 rings (SSSR count). The van der Waals surface area contributed by atoms with Crippen molar-refractivity contribution >= 4 is 0 Å². The molecule has 1 atom stereocenters. The number of piperidine rings is 1. The first-order valence-corrected chi connectivity index (χ1v) is 6.39. The fraction of sp³-hybridized carbons (Fsp3) is 0.571. The number of benzene rings is 1. The highest BCUT2D eigenvalue weighted by atomic mass is 16.3. The van der Waals surface area contributed by atoms with Gasteiger partial charge in [0, 0.05) is 19.1 Å². The van der Waals surface area contributed by atoms with Crippen LogP contribution in [0.2, 0.25) is 0 Å². The van der Waals surface area contributed by atoms with Crippen molar-refractivity contribution < 1.29 is 5.11 Å².